The van der Waals surface area contributed by atoms with Gasteiger partial charge in [0.2, 0.25) is 0 Å². The Kier molecular flexibility index (Phi) is 6.24. The summed E-state index contributed by atoms with van der Waals surface area (Å²) in [6.07, 6.45) is 1.18. The molecule has 34 heavy (non-hydrogen) atoms. The van der Waals surface area contributed by atoms with E-state index in [-0.39, 0.29) is 34.5 Å². The summed E-state index contributed by atoms with van der Waals surface area (Å²) in [4.78, 5) is 27.1. The van der Waals surface area contributed by atoms with E-state index in [1.165, 1.54) is 18.3 Å². The van der Waals surface area contributed by atoms with Gasteiger partial charge in [-0.15, -0.1) is 0 Å². The van der Waals surface area contributed by atoms with Gasteiger partial charge in [0.1, 0.15) is 5.82 Å². The Morgan fingerprint density at radius 1 is 1.18 bits per heavy atom. The number of nitrogens with two attached hydrogens (primary N) is 3. The van der Waals surface area contributed by atoms with Crippen molar-refractivity contribution in [3.63, 3.8) is 0 Å². The Labute approximate surface area is 193 Å². The largest absolute Gasteiger partial charge is 0.417 e. The molecule has 0 radical (unpaired) electrons. The van der Waals surface area contributed by atoms with Gasteiger partial charge in [-0.3, -0.25) is 9.78 Å². The van der Waals surface area contributed by atoms with Crippen LogP contribution in [0.1, 0.15) is 28.9 Å². The van der Waals surface area contributed by atoms with E-state index in [9.17, 15) is 18.0 Å². The number of alkyl halides is 3. The van der Waals surface area contributed by atoms with Gasteiger partial charge >= 0.3 is 6.18 Å². The lowest BCUT2D eigenvalue weighted by atomic mass is 10.1. The number of nitrogens with one attached hydrogen (secondary N) is 1. The minimum atomic E-state index is -4.70. The number of nitrogens with zero attached hydrogens (tertiary/aromatic N) is 4. The lowest BCUT2D eigenvalue weighted by molar-refractivity contribution is -0.137. The molecule has 3 aromatic heterocycles. The third kappa shape index (κ3) is 4.86. The number of nitrogen functional groups attached to an aromatic ring is 2. The fourth-order valence-electron chi connectivity index (χ4n) is 3.88. The maximum absolute atomic E-state index is 13.6. The fourth-order valence-corrected chi connectivity index (χ4v) is 3.88. The molecule has 3 aromatic rings. The van der Waals surface area contributed by atoms with E-state index in [1.54, 1.807) is 12.3 Å². The minimum Gasteiger partial charge on any atom is -0.397 e. The number of amides is 1. The van der Waals surface area contributed by atoms with Crippen molar-refractivity contribution in [1.82, 2.24) is 15.0 Å². The molecule has 0 spiro atoms. The lowest BCUT2D eigenvalue weighted by Crippen LogP contribution is -2.43. The first kappa shape index (κ1) is 23.2. The highest BCUT2D eigenvalue weighted by molar-refractivity contribution is 6.08. The highest BCUT2D eigenvalue weighted by atomic mass is 19.4. The van der Waals surface area contributed by atoms with Crippen LogP contribution in [0.5, 0.6) is 0 Å². The number of carbonyl (C=O) groups is 1. The smallest absolute Gasteiger partial charge is 0.397 e. The van der Waals surface area contributed by atoms with E-state index >= 15 is 0 Å². The Morgan fingerprint density at radius 2 is 1.97 bits per heavy atom. The minimum absolute atomic E-state index is 0.00338. The molecule has 1 saturated heterocycles. The Hall–Kier alpha value is -3.93. The second kappa shape index (κ2) is 9.14. The molecular weight excluding hydrogens is 449 g/mol. The summed E-state index contributed by atoms with van der Waals surface area (Å²) in [5, 5.41) is 2.73. The molecule has 1 aliphatic rings. The van der Waals surface area contributed by atoms with Crippen LogP contribution in [-0.2, 0) is 6.18 Å². The van der Waals surface area contributed by atoms with E-state index in [0.717, 1.165) is 37.3 Å². The molecule has 178 valence electrons. The predicted molar refractivity (Wildman–Crippen MR) is 123 cm³/mol. The van der Waals surface area contributed by atoms with Crippen molar-refractivity contribution in [3.05, 3.63) is 54.1 Å². The third-order valence-corrected chi connectivity index (χ3v) is 5.49. The van der Waals surface area contributed by atoms with E-state index in [0.29, 0.717) is 12.2 Å². The van der Waals surface area contributed by atoms with Crippen molar-refractivity contribution in [1.29, 1.82) is 0 Å². The Balaban J connectivity index is 1.67. The van der Waals surface area contributed by atoms with Crippen molar-refractivity contribution in [2.24, 2.45) is 5.73 Å². The van der Waals surface area contributed by atoms with Crippen LogP contribution < -0.4 is 27.4 Å². The maximum Gasteiger partial charge on any atom is 0.417 e. The summed E-state index contributed by atoms with van der Waals surface area (Å²) in [6, 6.07) is 5.10. The number of anilines is 4. The van der Waals surface area contributed by atoms with E-state index in [4.69, 9.17) is 17.2 Å². The van der Waals surface area contributed by atoms with Gasteiger partial charge < -0.3 is 27.4 Å². The van der Waals surface area contributed by atoms with Crippen molar-refractivity contribution >= 4 is 28.8 Å². The molecule has 4 rings (SSSR count). The number of pyridine rings is 3. The second-order valence-corrected chi connectivity index (χ2v) is 7.98. The van der Waals surface area contributed by atoms with Crippen molar-refractivity contribution in [2.45, 2.75) is 25.1 Å². The van der Waals surface area contributed by atoms with Gasteiger partial charge in [-0.2, -0.15) is 13.2 Å². The number of rotatable bonds is 4. The summed E-state index contributed by atoms with van der Waals surface area (Å²) in [5.41, 5.74) is 16.9. The molecule has 7 N–H and O–H groups in total. The number of hydrogen-bond acceptors (Lipinski definition) is 8. The van der Waals surface area contributed by atoms with Gasteiger partial charge in [-0.25, -0.2) is 9.97 Å². The normalized spacial score (nSPS) is 16.4. The zero-order valence-electron chi connectivity index (χ0n) is 18.0. The molecule has 4 heterocycles. The highest BCUT2D eigenvalue weighted by Gasteiger charge is 2.35. The molecule has 12 heteroatoms. The average Bonchev–Trinajstić information content (AvgIpc) is 2.79. The summed E-state index contributed by atoms with van der Waals surface area (Å²) >= 11 is 0. The van der Waals surface area contributed by atoms with Crippen LogP contribution >= 0.6 is 0 Å². The van der Waals surface area contributed by atoms with Crippen LogP contribution in [-0.4, -0.2) is 40.0 Å². The van der Waals surface area contributed by atoms with Gasteiger partial charge in [0.25, 0.3) is 5.91 Å². The number of piperidine rings is 1. The number of carbonyl (C=O) groups excluding carboxylic acids is 1. The Morgan fingerprint density at radius 3 is 2.71 bits per heavy atom. The molecule has 1 atom stereocenters. The fraction of sp³-hybridized carbons (Fsp3) is 0.273. The van der Waals surface area contributed by atoms with E-state index in [2.05, 4.69) is 20.3 Å². The van der Waals surface area contributed by atoms with Gasteiger partial charge in [-0.1, -0.05) is 0 Å². The molecular formula is C22H23F3N8O. The SMILES string of the molecule is Nc1cc(C(F)(F)F)c(-c2ccc(N)c(C(=O)Nc3cnccc3N3CCCC(N)C3)n2)cn1. The summed E-state index contributed by atoms with van der Waals surface area (Å²) in [5.74, 6) is -0.974. The van der Waals surface area contributed by atoms with Gasteiger partial charge in [-0.05, 0) is 37.1 Å². The zero-order chi connectivity index (χ0) is 24.5. The van der Waals surface area contributed by atoms with Gasteiger partial charge in [0.15, 0.2) is 5.69 Å². The first-order valence-corrected chi connectivity index (χ1v) is 10.5. The molecule has 9 nitrogen and oxygen atoms in total. The van der Waals surface area contributed by atoms with Crippen LogP contribution in [0, 0.1) is 0 Å². The molecule has 1 aliphatic heterocycles. The molecule has 1 unspecified atom stereocenters. The molecule has 0 aliphatic carbocycles. The van der Waals surface area contributed by atoms with Crippen LogP contribution in [0.15, 0.2) is 42.9 Å². The molecule has 0 bridgehead atoms. The number of halogens is 3. The number of aromatic nitrogens is 3. The standard InChI is InChI=1S/C22H23F3N8O/c23-22(24,25)14-8-19(28)30-9-13(14)16-4-3-15(27)20(31-16)21(34)32-17-10-29-6-5-18(17)33-7-1-2-12(26)11-33/h3-6,8-10,12H,1-2,7,11,26-27H2,(H2,28,30)(H,32,34). The van der Waals surface area contributed by atoms with Gasteiger partial charge in [0, 0.05) is 37.1 Å². The number of hydrogen-bond donors (Lipinski definition) is 4. The average molecular weight is 472 g/mol. The second-order valence-electron chi connectivity index (χ2n) is 7.98. The Bertz CT molecular complexity index is 1220. The molecule has 1 fully saturated rings. The summed E-state index contributed by atoms with van der Waals surface area (Å²) in [7, 11) is 0. The third-order valence-electron chi connectivity index (χ3n) is 5.49. The van der Waals surface area contributed by atoms with Crippen LogP contribution in [0.3, 0.4) is 0 Å². The highest BCUT2D eigenvalue weighted by Crippen LogP contribution is 2.37. The van der Waals surface area contributed by atoms with Crippen LogP contribution in [0.2, 0.25) is 0 Å². The molecule has 1 amide bonds. The molecule has 0 aromatic carbocycles. The first-order valence-electron chi connectivity index (χ1n) is 10.5. The maximum atomic E-state index is 13.6. The molecule has 0 saturated carbocycles. The van der Waals surface area contributed by atoms with Crippen LogP contribution in [0.25, 0.3) is 11.3 Å². The summed E-state index contributed by atoms with van der Waals surface area (Å²) < 4.78 is 40.7. The van der Waals surface area contributed by atoms with Crippen molar-refractivity contribution < 1.29 is 18.0 Å². The topological polar surface area (TPSA) is 149 Å². The predicted octanol–water partition coefficient (Wildman–Crippen LogP) is 2.90. The van der Waals surface area contributed by atoms with E-state index in [1.807, 2.05) is 4.90 Å². The van der Waals surface area contributed by atoms with E-state index < -0.39 is 17.6 Å². The quantitative estimate of drug-likeness (QED) is 0.453. The first-order chi connectivity index (χ1) is 16.1. The van der Waals surface area contributed by atoms with Crippen molar-refractivity contribution in [2.75, 3.05) is 34.8 Å². The van der Waals surface area contributed by atoms with Crippen LogP contribution in [0.4, 0.5) is 36.1 Å². The summed E-state index contributed by atoms with van der Waals surface area (Å²) in [6.45, 7) is 1.38. The van der Waals surface area contributed by atoms with Crippen molar-refractivity contribution in [3.8, 4) is 11.3 Å². The van der Waals surface area contributed by atoms with Gasteiger partial charge in [0.05, 0.1) is 34.5 Å². The zero-order valence-corrected chi connectivity index (χ0v) is 18.0. The lowest BCUT2D eigenvalue weighted by Gasteiger charge is -2.33. The monoisotopic (exact) mass is 472 g/mol.